The predicted molar refractivity (Wildman–Crippen MR) is 140 cm³/mol. The van der Waals surface area contributed by atoms with E-state index in [1.54, 1.807) is 6.08 Å². The molecule has 1 aliphatic rings. The summed E-state index contributed by atoms with van der Waals surface area (Å²) in [5.41, 5.74) is 2.04. The fraction of sp³-hybridized carbons (Fsp3) is 0.360. The Bertz CT molecular complexity index is 901. The topological polar surface area (TPSA) is 47.5 Å². The minimum atomic E-state index is 0.696. The molecule has 0 atom stereocenters. The molecule has 0 amide bonds. The third-order valence-corrected chi connectivity index (χ3v) is 5.10. The third kappa shape index (κ3) is 8.02. The summed E-state index contributed by atoms with van der Waals surface area (Å²) in [7, 11) is 3.96. The molecule has 172 valence electrons. The Hall–Kier alpha value is -2.83. The highest BCUT2D eigenvalue weighted by Crippen LogP contribution is 2.22. The number of hydrogen-bond acceptors (Lipinski definition) is 6. The maximum Gasteiger partial charge on any atom is 0.229 e. The molecule has 0 aliphatic carbocycles. The lowest BCUT2D eigenvalue weighted by molar-refractivity contribution is 0.278. The Labute approximate surface area is 198 Å². The average Bonchev–Trinajstić information content (AvgIpc) is 2.79. The summed E-state index contributed by atoms with van der Waals surface area (Å²) in [5, 5.41) is 4.02. The average molecular weight is 455 g/mol. The van der Waals surface area contributed by atoms with Crippen LogP contribution in [0.1, 0.15) is 13.8 Å². The molecule has 1 saturated heterocycles. The van der Waals surface area contributed by atoms with Gasteiger partial charge in [-0.3, -0.25) is 4.90 Å². The molecular weight excluding hydrogens is 420 g/mol. The van der Waals surface area contributed by atoms with Crippen molar-refractivity contribution >= 4 is 29.2 Å². The third-order valence-electron chi connectivity index (χ3n) is 4.97. The maximum atomic E-state index is 5.95. The van der Waals surface area contributed by atoms with Crippen LogP contribution < -0.4 is 15.1 Å². The van der Waals surface area contributed by atoms with E-state index in [9.17, 15) is 0 Å². The first-order valence-corrected chi connectivity index (χ1v) is 11.2. The summed E-state index contributed by atoms with van der Waals surface area (Å²) in [6.07, 6.45) is 13.6. The van der Waals surface area contributed by atoms with E-state index in [2.05, 4.69) is 40.4 Å². The molecule has 0 unspecified atom stereocenters. The first kappa shape index (κ1) is 25.4. The van der Waals surface area contributed by atoms with Gasteiger partial charge in [0.2, 0.25) is 5.95 Å². The van der Waals surface area contributed by atoms with Gasteiger partial charge in [0.1, 0.15) is 11.6 Å². The molecule has 2 rings (SSSR count). The van der Waals surface area contributed by atoms with Gasteiger partial charge in [0, 0.05) is 63.6 Å². The predicted octanol–water partition coefficient (Wildman–Crippen LogP) is 4.98. The highest BCUT2D eigenvalue weighted by atomic mass is 35.5. The van der Waals surface area contributed by atoms with Gasteiger partial charge in [0.25, 0.3) is 0 Å². The van der Waals surface area contributed by atoms with E-state index in [-0.39, 0.29) is 0 Å². The van der Waals surface area contributed by atoms with E-state index >= 15 is 0 Å². The number of allylic oxidation sites excluding steroid dienone is 7. The molecule has 0 spiro atoms. The number of anilines is 3. The zero-order chi connectivity index (χ0) is 23.5. The number of rotatable bonds is 10. The van der Waals surface area contributed by atoms with Crippen LogP contribution >= 0.6 is 11.6 Å². The number of halogens is 1. The summed E-state index contributed by atoms with van der Waals surface area (Å²) in [4.78, 5) is 16.2. The van der Waals surface area contributed by atoms with Gasteiger partial charge < -0.3 is 15.1 Å². The first-order chi connectivity index (χ1) is 15.4. The lowest BCUT2D eigenvalue weighted by Gasteiger charge is -2.35. The van der Waals surface area contributed by atoms with Crippen molar-refractivity contribution in [2.45, 2.75) is 13.8 Å². The normalized spacial score (nSPS) is 16.4. The fourth-order valence-electron chi connectivity index (χ4n) is 3.14. The summed E-state index contributed by atoms with van der Waals surface area (Å²) < 4.78 is 0. The molecule has 1 aliphatic heterocycles. The monoisotopic (exact) mass is 454 g/mol. The van der Waals surface area contributed by atoms with Gasteiger partial charge in [-0.15, -0.1) is 0 Å². The molecular formula is C25H35ClN6. The van der Waals surface area contributed by atoms with E-state index in [0.29, 0.717) is 5.03 Å². The van der Waals surface area contributed by atoms with Gasteiger partial charge in [0.05, 0.1) is 0 Å². The van der Waals surface area contributed by atoms with Crippen molar-refractivity contribution in [1.29, 1.82) is 0 Å². The van der Waals surface area contributed by atoms with Crippen LogP contribution in [-0.4, -0.2) is 61.7 Å². The largest absolute Gasteiger partial charge is 0.363 e. The summed E-state index contributed by atoms with van der Waals surface area (Å²) >= 11 is 5.95. The highest BCUT2D eigenvalue weighted by molar-refractivity contribution is 6.29. The van der Waals surface area contributed by atoms with Crippen molar-refractivity contribution in [3.05, 3.63) is 78.1 Å². The molecule has 6 nitrogen and oxygen atoms in total. The first-order valence-electron chi connectivity index (χ1n) is 10.8. The standard InChI is InChI=1S/C25H35ClN6/c1-7-10-11-21(8-2)19-31-14-16-32(17-15-31)25-28-23(18-24(29-25)30(5)6)27-22(9-3)13-12-20(4)26/h7-13,18H,2-3,14-17,19H2,1,4-6H3,(H,27,28,29)/b10-7-,20-12+,21-11+,22-13+. The smallest absolute Gasteiger partial charge is 0.229 e. The number of nitrogens with zero attached hydrogens (tertiary/aromatic N) is 5. The van der Waals surface area contributed by atoms with Crippen LogP contribution in [-0.2, 0) is 0 Å². The van der Waals surface area contributed by atoms with Gasteiger partial charge in [0.15, 0.2) is 0 Å². The van der Waals surface area contributed by atoms with Crippen molar-refractivity contribution in [1.82, 2.24) is 14.9 Å². The molecule has 7 heteroatoms. The Morgan fingerprint density at radius 2 is 1.84 bits per heavy atom. The summed E-state index contributed by atoms with van der Waals surface area (Å²) in [6, 6.07) is 1.93. The van der Waals surface area contributed by atoms with Gasteiger partial charge in [-0.05, 0) is 37.6 Å². The van der Waals surface area contributed by atoms with Crippen molar-refractivity contribution in [2.75, 3.05) is 61.9 Å². The SMILES string of the molecule is C=C/C(=C\C=C/C)CN1CCN(c2nc(N/C(C=C)=C/C=C(\C)Cl)cc(N(C)C)n2)CC1. The summed E-state index contributed by atoms with van der Waals surface area (Å²) in [5.74, 6) is 2.28. The minimum Gasteiger partial charge on any atom is -0.363 e. The van der Waals surface area contributed by atoms with Crippen LogP contribution in [0.3, 0.4) is 0 Å². The molecule has 32 heavy (non-hydrogen) atoms. The number of hydrogen-bond donors (Lipinski definition) is 1. The second-order valence-corrected chi connectivity index (χ2v) is 8.34. The van der Waals surface area contributed by atoms with Crippen molar-refractivity contribution in [3.8, 4) is 0 Å². The van der Waals surface area contributed by atoms with Gasteiger partial charge in [-0.25, -0.2) is 0 Å². The second-order valence-electron chi connectivity index (χ2n) is 7.75. The van der Waals surface area contributed by atoms with E-state index in [4.69, 9.17) is 21.6 Å². The van der Waals surface area contributed by atoms with E-state index in [1.807, 2.05) is 63.2 Å². The molecule has 0 bridgehead atoms. The maximum absolute atomic E-state index is 5.95. The number of aromatic nitrogens is 2. The van der Waals surface area contributed by atoms with Crippen LogP contribution in [0.4, 0.5) is 17.6 Å². The van der Waals surface area contributed by atoms with Crippen LogP contribution in [0.2, 0.25) is 0 Å². The van der Waals surface area contributed by atoms with Crippen LogP contribution in [0.15, 0.2) is 78.1 Å². The zero-order valence-electron chi connectivity index (χ0n) is 19.7. The lowest BCUT2D eigenvalue weighted by Crippen LogP contribution is -2.47. The molecule has 2 heterocycles. The van der Waals surface area contributed by atoms with Crippen LogP contribution in [0, 0.1) is 0 Å². The number of nitrogens with one attached hydrogen (secondary N) is 1. The zero-order valence-corrected chi connectivity index (χ0v) is 20.4. The van der Waals surface area contributed by atoms with E-state index in [0.717, 1.165) is 56.0 Å². The van der Waals surface area contributed by atoms with Crippen molar-refractivity contribution in [2.24, 2.45) is 0 Å². The summed E-state index contributed by atoms with van der Waals surface area (Å²) in [6.45, 7) is 16.2. The van der Waals surface area contributed by atoms with Crippen molar-refractivity contribution in [3.63, 3.8) is 0 Å². The Morgan fingerprint density at radius 1 is 1.12 bits per heavy atom. The quantitative estimate of drug-likeness (QED) is 0.503. The second kappa shape index (κ2) is 12.9. The molecule has 0 radical (unpaired) electrons. The molecule has 0 aromatic carbocycles. The fourth-order valence-corrected chi connectivity index (χ4v) is 3.20. The van der Waals surface area contributed by atoms with E-state index in [1.165, 1.54) is 5.57 Å². The molecule has 0 saturated carbocycles. The molecule has 1 aromatic rings. The lowest BCUT2D eigenvalue weighted by atomic mass is 10.2. The number of piperazine rings is 1. The highest BCUT2D eigenvalue weighted by Gasteiger charge is 2.20. The van der Waals surface area contributed by atoms with Crippen LogP contribution in [0.25, 0.3) is 0 Å². The Balaban J connectivity index is 2.16. The van der Waals surface area contributed by atoms with Crippen molar-refractivity contribution < 1.29 is 0 Å². The van der Waals surface area contributed by atoms with Crippen LogP contribution in [0.5, 0.6) is 0 Å². The van der Waals surface area contributed by atoms with E-state index < -0.39 is 0 Å². The van der Waals surface area contributed by atoms with Gasteiger partial charge in [-0.2, -0.15) is 9.97 Å². The molecule has 1 N–H and O–H groups in total. The molecule has 1 aromatic heterocycles. The Kier molecular flexibility index (Phi) is 10.2. The minimum absolute atomic E-state index is 0.696. The van der Waals surface area contributed by atoms with Gasteiger partial charge >= 0.3 is 0 Å². The Morgan fingerprint density at radius 3 is 2.41 bits per heavy atom. The molecule has 1 fully saturated rings. The van der Waals surface area contributed by atoms with Gasteiger partial charge in [-0.1, -0.05) is 49.1 Å².